The van der Waals surface area contributed by atoms with E-state index >= 15 is 0 Å². The predicted molar refractivity (Wildman–Crippen MR) is 214 cm³/mol. The number of phenols is 1. The normalized spacial score (nSPS) is 12.0. The molecule has 55 heavy (non-hydrogen) atoms. The van der Waals surface area contributed by atoms with E-state index in [0.29, 0.717) is 46.6 Å². The first-order chi connectivity index (χ1) is 26.4. The van der Waals surface area contributed by atoms with Gasteiger partial charge in [-0.1, -0.05) is 64.6 Å². The molecule has 0 amide bonds. The highest BCUT2D eigenvalue weighted by atomic mass is 16.6. The SMILES string of the molecule is C=C(OCC(CCC(=O)c1ccc(CC)c(OC)c1)(COC(=O)c1ccc(CC)c(C)c1)COC(=O)c1ccc(OC)c(CC)c1)c1ccc(CC)c(O)c1. The number of ether oxygens (including phenoxy) is 5. The zero-order valence-corrected chi connectivity index (χ0v) is 33.2. The molecule has 4 rings (SSSR count). The van der Waals surface area contributed by atoms with E-state index in [1.54, 1.807) is 74.9 Å². The summed E-state index contributed by atoms with van der Waals surface area (Å²) in [5.74, 6) is 0.321. The molecule has 4 aromatic rings. The quantitative estimate of drug-likeness (QED) is 0.0536. The van der Waals surface area contributed by atoms with E-state index < -0.39 is 17.4 Å². The highest BCUT2D eigenvalue weighted by molar-refractivity contribution is 5.96. The number of aromatic hydroxyl groups is 1. The molecule has 0 aliphatic carbocycles. The van der Waals surface area contributed by atoms with E-state index in [0.717, 1.165) is 40.7 Å². The average molecular weight is 751 g/mol. The minimum absolute atomic E-state index is 0.0123. The van der Waals surface area contributed by atoms with Gasteiger partial charge in [0.25, 0.3) is 0 Å². The fraction of sp³-hybridized carbons (Fsp3) is 0.370. The number of rotatable bonds is 20. The van der Waals surface area contributed by atoms with Gasteiger partial charge in [0.1, 0.15) is 42.8 Å². The molecule has 0 bridgehead atoms. The standard InChI is InChI=1S/C46H54O9/c1-9-32-13-18-38(23-30(32)5)44(49)54-28-46(27-53-31(6)36-16-14-33(10-2)41(48)25-36,22-21-40(47)37-17-15-34(11-3)43(26-37)52-8)29-55-45(50)39-19-20-42(51-7)35(12-4)24-39/h13-20,23-26,48H,6,9-12,21-22,27-29H2,1-5,7-8H3. The predicted octanol–water partition coefficient (Wildman–Crippen LogP) is 9.32. The van der Waals surface area contributed by atoms with Crippen LogP contribution < -0.4 is 9.47 Å². The molecule has 0 fully saturated rings. The Kier molecular flexibility index (Phi) is 15.1. The molecule has 0 spiro atoms. The van der Waals surface area contributed by atoms with Crippen molar-refractivity contribution in [2.45, 2.75) is 73.1 Å². The number of ketones is 1. The Bertz CT molecular complexity index is 1850. The van der Waals surface area contributed by atoms with Gasteiger partial charge in [0.05, 0.1) is 30.8 Å². The van der Waals surface area contributed by atoms with Crippen molar-refractivity contribution in [1.29, 1.82) is 0 Å². The molecule has 9 heteroatoms. The fourth-order valence-electron chi connectivity index (χ4n) is 6.44. The summed E-state index contributed by atoms with van der Waals surface area (Å²) in [6.07, 6.45) is 2.98. The van der Waals surface area contributed by atoms with Gasteiger partial charge in [0.15, 0.2) is 5.78 Å². The Morgan fingerprint density at radius 3 is 1.71 bits per heavy atom. The molecule has 0 saturated heterocycles. The largest absolute Gasteiger partial charge is 0.508 e. The number of carbonyl (C=O) groups is 3. The number of phenolic OH excluding ortho intramolecular Hbond substituents is 1. The van der Waals surface area contributed by atoms with E-state index in [2.05, 4.69) is 6.58 Å². The van der Waals surface area contributed by atoms with Gasteiger partial charge in [-0.05, 0) is 109 Å². The first kappa shape index (κ1) is 42.2. The Balaban J connectivity index is 1.70. The van der Waals surface area contributed by atoms with Crippen LogP contribution >= 0.6 is 0 Å². The molecule has 1 unspecified atom stereocenters. The van der Waals surface area contributed by atoms with Crippen molar-refractivity contribution >= 4 is 23.5 Å². The van der Waals surface area contributed by atoms with Gasteiger partial charge in [-0.3, -0.25) is 4.79 Å². The number of Topliss-reactive ketones (excluding diaryl/α,β-unsaturated/α-hetero) is 1. The molecular weight excluding hydrogens is 696 g/mol. The Labute approximate surface area is 325 Å². The molecule has 292 valence electrons. The number of benzene rings is 4. The van der Waals surface area contributed by atoms with E-state index in [-0.39, 0.29) is 50.0 Å². The molecule has 0 saturated carbocycles. The monoisotopic (exact) mass is 750 g/mol. The van der Waals surface area contributed by atoms with Crippen LogP contribution in [0.3, 0.4) is 0 Å². The Hall–Kier alpha value is -5.57. The van der Waals surface area contributed by atoms with E-state index in [1.807, 2.05) is 46.8 Å². The maximum Gasteiger partial charge on any atom is 0.338 e. The first-order valence-corrected chi connectivity index (χ1v) is 18.9. The van der Waals surface area contributed by atoms with Crippen molar-refractivity contribution in [2.24, 2.45) is 5.41 Å². The molecule has 4 aromatic carbocycles. The summed E-state index contributed by atoms with van der Waals surface area (Å²) in [5.41, 5.74) is 5.19. The van der Waals surface area contributed by atoms with Gasteiger partial charge in [-0.25, -0.2) is 9.59 Å². The summed E-state index contributed by atoms with van der Waals surface area (Å²) in [5, 5.41) is 10.6. The lowest BCUT2D eigenvalue weighted by Crippen LogP contribution is -2.39. The van der Waals surface area contributed by atoms with E-state index in [4.69, 9.17) is 23.7 Å². The number of hydrogen-bond acceptors (Lipinski definition) is 9. The number of esters is 2. The van der Waals surface area contributed by atoms with Crippen molar-refractivity contribution in [1.82, 2.24) is 0 Å². The van der Waals surface area contributed by atoms with Crippen LogP contribution in [0.25, 0.3) is 5.76 Å². The van der Waals surface area contributed by atoms with Gasteiger partial charge < -0.3 is 28.8 Å². The molecule has 0 aromatic heterocycles. The number of carbonyl (C=O) groups excluding carboxylic acids is 3. The lowest BCUT2D eigenvalue weighted by Gasteiger charge is -2.33. The van der Waals surface area contributed by atoms with Crippen LogP contribution in [0.1, 0.15) is 105 Å². The van der Waals surface area contributed by atoms with Gasteiger partial charge in [0, 0.05) is 17.5 Å². The third-order valence-electron chi connectivity index (χ3n) is 10.1. The number of methoxy groups -OCH3 is 2. The van der Waals surface area contributed by atoms with Crippen LogP contribution in [0, 0.1) is 12.3 Å². The van der Waals surface area contributed by atoms with Crippen LogP contribution in [-0.2, 0) is 39.9 Å². The lowest BCUT2D eigenvalue weighted by atomic mass is 9.83. The van der Waals surface area contributed by atoms with Crippen LogP contribution in [0.4, 0.5) is 0 Å². The molecule has 1 N–H and O–H groups in total. The highest BCUT2D eigenvalue weighted by Gasteiger charge is 2.37. The zero-order valence-electron chi connectivity index (χ0n) is 33.2. The molecule has 0 radical (unpaired) electrons. The van der Waals surface area contributed by atoms with Gasteiger partial charge in [-0.2, -0.15) is 0 Å². The minimum atomic E-state index is -1.21. The highest BCUT2D eigenvalue weighted by Crippen LogP contribution is 2.33. The topological polar surface area (TPSA) is 118 Å². The van der Waals surface area contributed by atoms with Crippen LogP contribution in [0.2, 0.25) is 0 Å². The second kappa shape index (κ2) is 19.7. The fourth-order valence-corrected chi connectivity index (χ4v) is 6.44. The number of aryl methyl sites for hydroxylation is 5. The Morgan fingerprint density at radius 2 is 1.13 bits per heavy atom. The molecule has 1 atom stereocenters. The maximum absolute atomic E-state index is 13.8. The summed E-state index contributed by atoms with van der Waals surface area (Å²) in [6.45, 7) is 13.4. The van der Waals surface area contributed by atoms with Crippen molar-refractivity contribution < 1.29 is 43.2 Å². The summed E-state index contributed by atoms with van der Waals surface area (Å²) < 4.78 is 29.3. The average Bonchev–Trinajstić information content (AvgIpc) is 3.21. The van der Waals surface area contributed by atoms with Crippen molar-refractivity contribution in [2.75, 3.05) is 34.0 Å². The molecule has 0 aliphatic rings. The van der Waals surface area contributed by atoms with Crippen LogP contribution in [0.5, 0.6) is 17.2 Å². The van der Waals surface area contributed by atoms with Gasteiger partial charge in [0.2, 0.25) is 0 Å². The summed E-state index contributed by atoms with van der Waals surface area (Å²) in [6, 6.07) is 21.1. The molecule has 0 heterocycles. The van der Waals surface area contributed by atoms with Crippen molar-refractivity contribution in [3.05, 3.63) is 129 Å². The van der Waals surface area contributed by atoms with Crippen LogP contribution in [-0.4, -0.2) is 56.9 Å². The molecule has 0 aliphatic heterocycles. The summed E-state index contributed by atoms with van der Waals surface area (Å²) >= 11 is 0. The molecule has 9 nitrogen and oxygen atoms in total. The van der Waals surface area contributed by atoms with Crippen molar-refractivity contribution in [3.8, 4) is 17.2 Å². The molecular formula is C46H54O9. The summed E-state index contributed by atoms with van der Waals surface area (Å²) in [4.78, 5) is 41.0. The zero-order chi connectivity index (χ0) is 40.1. The third kappa shape index (κ3) is 10.8. The second-order valence-electron chi connectivity index (χ2n) is 13.7. The van der Waals surface area contributed by atoms with Gasteiger partial charge in [-0.15, -0.1) is 0 Å². The smallest absolute Gasteiger partial charge is 0.338 e. The number of hydrogen-bond donors (Lipinski definition) is 1. The summed E-state index contributed by atoms with van der Waals surface area (Å²) in [7, 11) is 3.14. The minimum Gasteiger partial charge on any atom is -0.508 e. The Morgan fingerprint density at radius 1 is 0.600 bits per heavy atom. The first-order valence-electron chi connectivity index (χ1n) is 18.9. The van der Waals surface area contributed by atoms with Crippen molar-refractivity contribution in [3.63, 3.8) is 0 Å². The second-order valence-corrected chi connectivity index (χ2v) is 13.7. The third-order valence-corrected chi connectivity index (χ3v) is 10.1. The lowest BCUT2D eigenvalue weighted by molar-refractivity contribution is -0.0314. The van der Waals surface area contributed by atoms with Gasteiger partial charge >= 0.3 is 11.9 Å². The van der Waals surface area contributed by atoms with Crippen LogP contribution in [0.15, 0.2) is 79.4 Å². The maximum atomic E-state index is 13.8. The van der Waals surface area contributed by atoms with E-state index in [9.17, 15) is 19.5 Å². The van der Waals surface area contributed by atoms with E-state index in [1.165, 1.54) is 0 Å².